The van der Waals surface area contributed by atoms with Crippen molar-refractivity contribution in [3.63, 3.8) is 0 Å². The van der Waals surface area contributed by atoms with Crippen molar-refractivity contribution in [1.29, 1.82) is 0 Å². The second kappa shape index (κ2) is 8.00. The van der Waals surface area contributed by atoms with Crippen molar-refractivity contribution in [1.82, 2.24) is 0 Å². The lowest BCUT2D eigenvalue weighted by molar-refractivity contribution is 0.0457. The fourth-order valence-electron chi connectivity index (χ4n) is 1.93. The molecule has 4 nitrogen and oxygen atoms in total. The third kappa shape index (κ3) is 4.60. The molecule has 0 atom stereocenters. The van der Waals surface area contributed by atoms with E-state index in [0.29, 0.717) is 19.8 Å². The topological polar surface area (TPSA) is 50.7 Å². The molecule has 1 aromatic rings. The zero-order valence-electron chi connectivity index (χ0n) is 13.0. The number of hydrogen-bond donors (Lipinski definition) is 2. The van der Waals surface area contributed by atoms with Crippen LogP contribution in [0.4, 0.5) is 5.69 Å². The van der Waals surface area contributed by atoms with Crippen LogP contribution in [0, 0.1) is 0 Å². The molecule has 0 aliphatic carbocycles. The Hall–Kier alpha value is -1.42. The highest BCUT2D eigenvalue weighted by molar-refractivity contribution is 5.55. The van der Waals surface area contributed by atoms with Crippen molar-refractivity contribution < 1.29 is 14.6 Å². The van der Waals surface area contributed by atoms with Crippen LogP contribution in [0.15, 0.2) is 18.2 Å². The van der Waals surface area contributed by atoms with Crippen molar-refractivity contribution in [2.45, 2.75) is 46.1 Å². The lowest BCUT2D eigenvalue weighted by Gasteiger charge is -2.26. The summed E-state index contributed by atoms with van der Waals surface area (Å²) in [6.45, 7) is 9.62. The third-order valence-electron chi connectivity index (χ3n) is 3.48. The number of anilines is 1. The maximum atomic E-state index is 10.3. The summed E-state index contributed by atoms with van der Waals surface area (Å²) in [7, 11) is 0. The predicted molar refractivity (Wildman–Crippen MR) is 82.8 cm³/mol. The minimum Gasteiger partial charge on any atom is -0.490 e. The molecule has 0 unspecified atom stereocenters. The molecule has 0 aliphatic rings. The van der Waals surface area contributed by atoms with Crippen LogP contribution >= 0.6 is 0 Å². The average molecular weight is 281 g/mol. The molecule has 0 fully saturated rings. The lowest BCUT2D eigenvalue weighted by atomic mass is 9.97. The lowest BCUT2D eigenvalue weighted by Crippen LogP contribution is -2.35. The molecule has 114 valence electrons. The van der Waals surface area contributed by atoms with E-state index >= 15 is 0 Å². The van der Waals surface area contributed by atoms with Gasteiger partial charge in [-0.2, -0.15) is 0 Å². The molecule has 20 heavy (non-hydrogen) atoms. The second-order valence-electron chi connectivity index (χ2n) is 4.81. The summed E-state index contributed by atoms with van der Waals surface area (Å²) < 4.78 is 11.1. The monoisotopic (exact) mass is 281 g/mol. The van der Waals surface area contributed by atoms with Crippen molar-refractivity contribution in [3.05, 3.63) is 18.2 Å². The molecule has 0 amide bonds. The van der Waals surface area contributed by atoms with Crippen LogP contribution in [0.1, 0.15) is 40.5 Å². The smallest absolute Gasteiger partial charge is 0.163 e. The van der Waals surface area contributed by atoms with Gasteiger partial charge in [0.2, 0.25) is 0 Å². The summed E-state index contributed by atoms with van der Waals surface area (Å²) in [4.78, 5) is 0. The van der Waals surface area contributed by atoms with Crippen LogP contribution in [0.25, 0.3) is 0 Å². The van der Waals surface area contributed by atoms with E-state index in [0.717, 1.165) is 30.0 Å². The van der Waals surface area contributed by atoms with Crippen LogP contribution in [0.5, 0.6) is 11.5 Å². The van der Waals surface area contributed by atoms with Crippen molar-refractivity contribution in [2.24, 2.45) is 0 Å². The van der Waals surface area contributed by atoms with Gasteiger partial charge in [-0.1, -0.05) is 13.8 Å². The van der Waals surface area contributed by atoms with E-state index in [-0.39, 0.29) is 0 Å². The average Bonchev–Trinajstić information content (AvgIpc) is 2.47. The summed E-state index contributed by atoms with van der Waals surface area (Å²) >= 11 is 0. The normalized spacial score (nSPS) is 11.2. The third-order valence-corrected chi connectivity index (χ3v) is 3.48. The first-order valence-corrected chi connectivity index (χ1v) is 7.44. The van der Waals surface area contributed by atoms with Crippen molar-refractivity contribution in [3.8, 4) is 11.5 Å². The van der Waals surface area contributed by atoms with E-state index in [9.17, 15) is 5.11 Å². The minimum atomic E-state index is -0.662. The van der Waals surface area contributed by atoms with Gasteiger partial charge in [-0.3, -0.25) is 0 Å². The first-order chi connectivity index (χ1) is 9.58. The largest absolute Gasteiger partial charge is 0.490 e. The van der Waals surface area contributed by atoms with Gasteiger partial charge >= 0.3 is 0 Å². The first kappa shape index (κ1) is 16.6. The molecule has 0 radical (unpaired) electrons. The molecule has 0 aromatic heterocycles. The molecule has 0 spiro atoms. The van der Waals surface area contributed by atoms with E-state index in [1.54, 1.807) is 0 Å². The second-order valence-corrected chi connectivity index (χ2v) is 4.81. The number of rotatable bonds is 9. The van der Waals surface area contributed by atoms with Crippen LogP contribution in [-0.4, -0.2) is 30.5 Å². The number of ether oxygens (including phenoxy) is 2. The zero-order chi connectivity index (χ0) is 15.0. The fourth-order valence-corrected chi connectivity index (χ4v) is 1.93. The first-order valence-electron chi connectivity index (χ1n) is 7.44. The van der Waals surface area contributed by atoms with Crippen LogP contribution in [0.2, 0.25) is 0 Å². The van der Waals surface area contributed by atoms with E-state index in [4.69, 9.17) is 9.47 Å². The van der Waals surface area contributed by atoms with Gasteiger partial charge in [0.25, 0.3) is 0 Å². The van der Waals surface area contributed by atoms with Crippen LogP contribution < -0.4 is 14.8 Å². The van der Waals surface area contributed by atoms with E-state index in [2.05, 4.69) is 5.32 Å². The Balaban J connectivity index is 2.78. The SMILES string of the molecule is CCOc1ccc(NCC(O)(CC)CC)cc1OCC. The highest BCUT2D eigenvalue weighted by Gasteiger charge is 2.21. The van der Waals surface area contributed by atoms with Gasteiger partial charge in [-0.15, -0.1) is 0 Å². The Morgan fingerprint density at radius 2 is 1.60 bits per heavy atom. The molecule has 0 saturated carbocycles. The molecule has 0 aliphatic heterocycles. The van der Waals surface area contributed by atoms with Gasteiger partial charge in [0.15, 0.2) is 11.5 Å². The molecule has 2 N–H and O–H groups in total. The highest BCUT2D eigenvalue weighted by atomic mass is 16.5. The Bertz CT molecular complexity index is 403. The van der Waals surface area contributed by atoms with E-state index < -0.39 is 5.60 Å². The van der Waals surface area contributed by atoms with E-state index in [1.807, 2.05) is 45.9 Å². The molecule has 1 rings (SSSR count). The maximum Gasteiger partial charge on any atom is 0.163 e. The molecule has 0 heterocycles. The fraction of sp³-hybridized carbons (Fsp3) is 0.625. The molecule has 0 bridgehead atoms. The summed E-state index contributed by atoms with van der Waals surface area (Å²) in [6, 6.07) is 5.76. The standard InChI is InChI=1S/C16H27NO3/c1-5-16(18,6-2)12-17-13-9-10-14(19-7-3)15(11-13)20-8-4/h9-11,17-18H,5-8,12H2,1-4H3. The Morgan fingerprint density at radius 1 is 1.00 bits per heavy atom. The molecule has 1 aromatic carbocycles. The number of hydrogen-bond acceptors (Lipinski definition) is 4. The summed E-state index contributed by atoms with van der Waals surface area (Å²) in [5, 5.41) is 13.6. The van der Waals surface area contributed by atoms with Gasteiger partial charge in [0.05, 0.1) is 18.8 Å². The van der Waals surface area contributed by atoms with E-state index in [1.165, 1.54) is 0 Å². The summed E-state index contributed by atoms with van der Waals surface area (Å²) in [5.74, 6) is 1.48. The van der Waals surface area contributed by atoms with Crippen LogP contribution in [0.3, 0.4) is 0 Å². The Morgan fingerprint density at radius 3 is 2.15 bits per heavy atom. The summed E-state index contributed by atoms with van der Waals surface area (Å²) in [5.41, 5.74) is 0.266. The van der Waals surface area contributed by atoms with Gasteiger partial charge in [-0.25, -0.2) is 0 Å². The minimum absolute atomic E-state index is 0.527. The number of aliphatic hydroxyl groups is 1. The van der Waals surface area contributed by atoms with Gasteiger partial charge in [0.1, 0.15) is 0 Å². The van der Waals surface area contributed by atoms with Gasteiger partial charge < -0.3 is 19.9 Å². The van der Waals surface area contributed by atoms with Gasteiger partial charge in [-0.05, 0) is 38.8 Å². The summed E-state index contributed by atoms with van der Waals surface area (Å²) in [6.07, 6.45) is 1.46. The highest BCUT2D eigenvalue weighted by Crippen LogP contribution is 2.31. The molecule has 0 saturated heterocycles. The quantitative estimate of drug-likeness (QED) is 0.728. The Kier molecular flexibility index (Phi) is 6.65. The number of nitrogens with one attached hydrogen (secondary N) is 1. The molecular weight excluding hydrogens is 254 g/mol. The van der Waals surface area contributed by atoms with Crippen LogP contribution in [-0.2, 0) is 0 Å². The number of benzene rings is 1. The van der Waals surface area contributed by atoms with Crippen molar-refractivity contribution in [2.75, 3.05) is 25.1 Å². The zero-order valence-corrected chi connectivity index (χ0v) is 13.0. The van der Waals surface area contributed by atoms with Gasteiger partial charge in [0, 0.05) is 18.3 Å². The molecular formula is C16H27NO3. The maximum absolute atomic E-state index is 10.3. The Labute approximate surface area is 122 Å². The predicted octanol–water partition coefficient (Wildman–Crippen LogP) is 3.45. The molecule has 4 heteroatoms. The van der Waals surface area contributed by atoms with Crippen molar-refractivity contribution >= 4 is 5.69 Å².